The van der Waals surface area contributed by atoms with Gasteiger partial charge in [-0.2, -0.15) is 5.10 Å². The van der Waals surface area contributed by atoms with Crippen LogP contribution in [-0.4, -0.2) is 27.2 Å². The molecule has 1 amide bonds. The Morgan fingerprint density at radius 3 is 2.87 bits per heavy atom. The van der Waals surface area contributed by atoms with Gasteiger partial charge in [0.1, 0.15) is 0 Å². The van der Waals surface area contributed by atoms with Crippen molar-refractivity contribution in [2.24, 2.45) is 0 Å². The molecule has 0 bridgehead atoms. The molecule has 0 spiro atoms. The first kappa shape index (κ1) is 19.5. The van der Waals surface area contributed by atoms with Crippen LogP contribution in [0, 0.1) is 12.3 Å². The molecule has 0 saturated carbocycles. The summed E-state index contributed by atoms with van der Waals surface area (Å²) in [4.78, 5) is 18.6. The van der Waals surface area contributed by atoms with Crippen molar-refractivity contribution in [1.82, 2.24) is 20.1 Å². The minimum atomic E-state index is -0.180. The van der Waals surface area contributed by atoms with Gasteiger partial charge in [0.05, 0.1) is 29.5 Å². The minimum absolute atomic E-state index is 0.180. The van der Waals surface area contributed by atoms with Gasteiger partial charge in [0, 0.05) is 27.6 Å². The Balaban J connectivity index is 1.61. The number of rotatable bonds is 6. The number of nitrogens with zero attached hydrogens (tertiary/aromatic N) is 3. The highest BCUT2D eigenvalue weighted by Crippen LogP contribution is 2.32. The first-order chi connectivity index (χ1) is 14.7. The van der Waals surface area contributed by atoms with E-state index >= 15 is 0 Å². The molecule has 0 unspecified atom stereocenters. The van der Waals surface area contributed by atoms with E-state index in [1.165, 1.54) is 11.8 Å². The van der Waals surface area contributed by atoms with Gasteiger partial charge in [-0.05, 0) is 42.5 Å². The van der Waals surface area contributed by atoms with Crippen LogP contribution in [0.4, 0.5) is 0 Å². The fourth-order valence-corrected chi connectivity index (χ4v) is 3.90. The van der Waals surface area contributed by atoms with Crippen molar-refractivity contribution < 1.29 is 4.79 Å². The van der Waals surface area contributed by atoms with E-state index in [-0.39, 0.29) is 12.5 Å². The molecule has 0 fully saturated rings. The van der Waals surface area contributed by atoms with Gasteiger partial charge in [-0.25, -0.2) is 4.68 Å². The van der Waals surface area contributed by atoms with Gasteiger partial charge in [-0.15, -0.1) is 6.42 Å². The third-order valence-electron chi connectivity index (χ3n) is 4.35. The summed E-state index contributed by atoms with van der Waals surface area (Å²) in [6.45, 7) is 0.200. The van der Waals surface area contributed by atoms with Crippen molar-refractivity contribution >= 4 is 40.8 Å². The number of aromatic nitrogens is 3. The third-order valence-corrected chi connectivity index (χ3v) is 5.42. The lowest BCUT2D eigenvalue weighted by molar-refractivity contribution is 0.0956. The summed E-state index contributed by atoms with van der Waals surface area (Å²) < 4.78 is 1.82. The minimum Gasteiger partial charge on any atom is -0.341 e. The summed E-state index contributed by atoms with van der Waals surface area (Å²) >= 11 is 1.53. The van der Waals surface area contributed by atoms with Crippen molar-refractivity contribution in [3.63, 3.8) is 0 Å². The SMILES string of the molecule is C#CCNC(=O)c1ccccc1Sc1ccc2cnn(C=Cc3ccccn3)c2c1. The van der Waals surface area contributed by atoms with E-state index in [9.17, 15) is 4.79 Å². The monoisotopic (exact) mass is 410 g/mol. The molecular formula is C24H18N4OS. The molecule has 2 aromatic heterocycles. The predicted molar refractivity (Wildman–Crippen MR) is 121 cm³/mol. The molecule has 30 heavy (non-hydrogen) atoms. The Labute approximate surface area is 178 Å². The van der Waals surface area contributed by atoms with Crippen LogP contribution in [0.25, 0.3) is 23.2 Å². The maximum absolute atomic E-state index is 12.4. The zero-order chi connectivity index (χ0) is 20.8. The van der Waals surface area contributed by atoms with Crippen LogP contribution in [0.5, 0.6) is 0 Å². The highest BCUT2D eigenvalue weighted by molar-refractivity contribution is 7.99. The standard InChI is InChI=1S/C24H18N4OS/c1-2-13-26-24(29)21-8-3-4-9-23(21)30-20-11-10-18-17-27-28(22(18)16-20)15-12-19-7-5-6-14-25-19/h1,3-12,14-17H,13H2,(H,26,29). The lowest BCUT2D eigenvalue weighted by Gasteiger charge is -2.09. The Hall–Kier alpha value is -3.82. The Bertz CT molecular complexity index is 1260. The summed E-state index contributed by atoms with van der Waals surface area (Å²) in [7, 11) is 0. The average molecular weight is 411 g/mol. The van der Waals surface area contributed by atoms with Crippen molar-refractivity contribution in [2.45, 2.75) is 9.79 Å². The topological polar surface area (TPSA) is 59.8 Å². The molecule has 2 heterocycles. The quantitative estimate of drug-likeness (QED) is 0.473. The van der Waals surface area contributed by atoms with Crippen molar-refractivity contribution in [3.05, 3.63) is 84.3 Å². The molecule has 146 valence electrons. The number of hydrogen-bond acceptors (Lipinski definition) is 4. The molecule has 0 saturated heterocycles. The lowest BCUT2D eigenvalue weighted by Crippen LogP contribution is -2.23. The molecule has 1 N–H and O–H groups in total. The molecular weight excluding hydrogens is 392 g/mol. The van der Waals surface area contributed by atoms with Crippen LogP contribution >= 0.6 is 11.8 Å². The molecule has 0 aliphatic heterocycles. The highest BCUT2D eigenvalue weighted by Gasteiger charge is 2.12. The Morgan fingerprint density at radius 1 is 1.17 bits per heavy atom. The molecule has 4 aromatic rings. The van der Waals surface area contributed by atoms with E-state index < -0.39 is 0 Å². The van der Waals surface area contributed by atoms with Gasteiger partial charge in [0.25, 0.3) is 5.91 Å². The summed E-state index contributed by atoms with van der Waals surface area (Å²) in [5.74, 6) is 2.25. The molecule has 0 atom stereocenters. The summed E-state index contributed by atoms with van der Waals surface area (Å²) in [5, 5.41) is 8.20. The van der Waals surface area contributed by atoms with E-state index in [2.05, 4.69) is 27.4 Å². The fourth-order valence-electron chi connectivity index (χ4n) is 2.92. The number of carbonyl (C=O) groups excluding carboxylic acids is 1. The molecule has 4 rings (SSSR count). The van der Waals surface area contributed by atoms with Crippen LogP contribution in [0.3, 0.4) is 0 Å². The Kier molecular flexibility index (Phi) is 5.93. The van der Waals surface area contributed by atoms with E-state index in [1.807, 2.05) is 71.7 Å². The van der Waals surface area contributed by atoms with Crippen molar-refractivity contribution in [3.8, 4) is 12.3 Å². The van der Waals surface area contributed by atoms with Crippen molar-refractivity contribution in [1.29, 1.82) is 0 Å². The average Bonchev–Trinajstić information content (AvgIpc) is 3.19. The van der Waals surface area contributed by atoms with Gasteiger partial charge < -0.3 is 5.32 Å². The second kappa shape index (κ2) is 9.12. The maximum Gasteiger partial charge on any atom is 0.253 e. The summed E-state index contributed by atoms with van der Waals surface area (Å²) in [5.41, 5.74) is 2.43. The van der Waals surface area contributed by atoms with Crippen LogP contribution in [-0.2, 0) is 0 Å². The number of benzene rings is 2. The van der Waals surface area contributed by atoms with Gasteiger partial charge in [-0.1, -0.05) is 41.9 Å². The first-order valence-electron chi connectivity index (χ1n) is 9.29. The van der Waals surface area contributed by atoms with Gasteiger partial charge in [-0.3, -0.25) is 9.78 Å². The molecule has 0 aliphatic rings. The predicted octanol–water partition coefficient (Wildman–Crippen LogP) is 4.57. The smallest absolute Gasteiger partial charge is 0.253 e. The van der Waals surface area contributed by atoms with E-state index in [0.29, 0.717) is 5.56 Å². The normalized spacial score (nSPS) is 10.9. The van der Waals surface area contributed by atoms with Gasteiger partial charge >= 0.3 is 0 Å². The number of fused-ring (bicyclic) bond motifs is 1. The van der Waals surface area contributed by atoms with Crippen LogP contribution in [0.2, 0.25) is 0 Å². The fraction of sp³-hybridized carbons (Fsp3) is 0.0417. The molecule has 0 aliphatic carbocycles. The zero-order valence-electron chi connectivity index (χ0n) is 16.0. The van der Waals surface area contributed by atoms with E-state index in [0.717, 1.165) is 26.4 Å². The van der Waals surface area contributed by atoms with Gasteiger partial charge in [0.2, 0.25) is 0 Å². The number of hydrogen-bond donors (Lipinski definition) is 1. The first-order valence-corrected chi connectivity index (χ1v) is 10.1. The van der Waals surface area contributed by atoms with Crippen LogP contribution in [0.15, 0.2) is 82.8 Å². The number of amides is 1. The zero-order valence-corrected chi connectivity index (χ0v) is 16.8. The van der Waals surface area contributed by atoms with E-state index in [4.69, 9.17) is 6.42 Å². The van der Waals surface area contributed by atoms with Crippen molar-refractivity contribution in [2.75, 3.05) is 6.54 Å². The van der Waals surface area contributed by atoms with Crippen LogP contribution in [0.1, 0.15) is 16.1 Å². The van der Waals surface area contributed by atoms with E-state index in [1.54, 1.807) is 12.3 Å². The lowest BCUT2D eigenvalue weighted by atomic mass is 10.2. The largest absolute Gasteiger partial charge is 0.341 e. The highest BCUT2D eigenvalue weighted by atomic mass is 32.2. The number of terminal acetylenes is 1. The number of nitrogens with one attached hydrogen (secondary N) is 1. The molecule has 6 heteroatoms. The number of carbonyl (C=O) groups is 1. The van der Waals surface area contributed by atoms with Gasteiger partial charge in [0.15, 0.2) is 0 Å². The summed E-state index contributed by atoms with van der Waals surface area (Å²) in [6.07, 6.45) is 12.6. The molecule has 5 nitrogen and oxygen atoms in total. The third kappa shape index (κ3) is 4.43. The molecule has 0 radical (unpaired) electrons. The van der Waals surface area contributed by atoms with Crippen LogP contribution < -0.4 is 5.32 Å². The maximum atomic E-state index is 12.4. The second-order valence-electron chi connectivity index (χ2n) is 6.37. The second-order valence-corrected chi connectivity index (χ2v) is 7.48. The Morgan fingerprint density at radius 2 is 2.03 bits per heavy atom. The number of pyridine rings is 1. The summed E-state index contributed by atoms with van der Waals surface area (Å²) in [6, 6.07) is 19.4. The molecule has 2 aromatic carbocycles.